The highest BCUT2D eigenvalue weighted by molar-refractivity contribution is 6.05. The maximum absolute atomic E-state index is 12.5. The number of aromatic nitrogens is 2. The Balaban J connectivity index is 1.81. The van der Waals surface area contributed by atoms with E-state index in [-0.39, 0.29) is 5.91 Å². The first-order valence-electron chi connectivity index (χ1n) is 7.23. The number of nitrogens with one attached hydrogen (secondary N) is 1. The summed E-state index contributed by atoms with van der Waals surface area (Å²) in [6, 6.07) is 9.30. The van der Waals surface area contributed by atoms with Crippen LogP contribution in [0.3, 0.4) is 0 Å². The van der Waals surface area contributed by atoms with Gasteiger partial charge in [-0.2, -0.15) is 0 Å². The minimum absolute atomic E-state index is 0.178. The van der Waals surface area contributed by atoms with E-state index in [1.807, 2.05) is 31.2 Å². The molecule has 0 saturated heterocycles. The number of ether oxygens (including phenoxy) is 1. The van der Waals surface area contributed by atoms with Gasteiger partial charge in [0.05, 0.1) is 23.8 Å². The van der Waals surface area contributed by atoms with E-state index in [4.69, 9.17) is 9.26 Å². The van der Waals surface area contributed by atoms with Crippen molar-refractivity contribution in [3.63, 3.8) is 0 Å². The van der Waals surface area contributed by atoms with Gasteiger partial charge in [0.2, 0.25) is 0 Å². The number of carbonyl (C=O) groups excluding carboxylic acids is 1. The maximum atomic E-state index is 12.5. The largest absolute Gasteiger partial charge is 0.497 e. The number of fused-ring (bicyclic) bond motifs is 1. The lowest BCUT2D eigenvalue weighted by Crippen LogP contribution is -2.23. The Kier molecular flexibility index (Phi) is 3.97. The number of pyridine rings is 1. The minimum atomic E-state index is -0.178. The van der Waals surface area contributed by atoms with Gasteiger partial charge in [0.15, 0.2) is 0 Å². The summed E-state index contributed by atoms with van der Waals surface area (Å²) >= 11 is 0. The van der Waals surface area contributed by atoms with Crippen molar-refractivity contribution in [2.24, 2.45) is 0 Å². The molecule has 6 heteroatoms. The average molecular weight is 311 g/mol. The Morgan fingerprint density at radius 2 is 2.00 bits per heavy atom. The number of rotatable bonds is 4. The lowest BCUT2D eigenvalue weighted by atomic mass is 10.1. The number of methoxy groups -OCH3 is 1. The molecular formula is C17H17N3O3. The van der Waals surface area contributed by atoms with E-state index >= 15 is 0 Å². The summed E-state index contributed by atoms with van der Waals surface area (Å²) in [6.07, 6.45) is 0. The smallest absolute Gasteiger partial charge is 0.258 e. The Morgan fingerprint density at radius 3 is 2.70 bits per heavy atom. The molecular weight excluding hydrogens is 294 g/mol. The monoisotopic (exact) mass is 311 g/mol. The topological polar surface area (TPSA) is 77.2 Å². The van der Waals surface area contributed by atoms with Crippen LogP contribution in [0.1, 0.15) is 27.3 Å². The molecule has 0 unspecified atom stereocenters. The summed E-state index contributed by atoms with van der Waals surface area (Å²) < 4.78 is 10.3. The fourth-order valence-corrected chi connectivity index (χ4v) is 2.42. The lowest BCUT2D eigenvalue weighted by molar-refractivity contribution is 0.0952. The molecule has 0 spiro atoms. The van der Waals surface area contributed by atoms with E-state index in [1.54, 1.807) is 20.1 Å². The molecule has 0 aliphatic carbocycles. The van der Waals surface area contributed by atoms with Gasteiger partial charge < -0.3 is 14.6 Å². The number of carbonyl (C=O) groups is 1. The predicted molar refractivity (Wildman–Crippen MR) is 85.4 cm³/mol. The summed E-state index contributed by atoms with van der Waals surface area (Å²) in [4.78, 5) is 16.8. The van der Waals surface area contributed by atoms with Crippen molar-refractivity contribution in [1.82, 2.24) is 15.5 Å². The van der Waals surface area contributed by atoms with Crippen molar-refractivity contribution < 1.29 is 14.1 Å². The molecule has 3 aromatic rings. The highest BCUT2D eigenvalue weighted by atomic mass is 16.5. The molecule has 2 heterocycles. The fraction of sp³-hybridized carbons (Fsp3) is 0.235. The van der Waals surface area contributed by atoms with Gasteiger partial charge in [-0.3, -0.25) is 4.79 Å². The molecule has 2 aromatic heterocycles. The third kappa shape index (κ3) is 3.01. The van der Waals surface area contributed by atoms with Crippen molar-refractivity contribution in [3.8, 4) is 5.75 Å². The average Bonchev–Trinajstić information content (AvgIpc) is 2.93. The molecule has 6 nitrogen and oxygen atoms in total. The standard InChI is InChI=1S/C17H17N3O3/c1-10-8-14(15-11(2)20-23-17(15)19-10)16(21)18-9-12-4-6-13(22-3)7-5-12/h4-8H,9H2,1-3H3,(H,18,21). The van der Waals surface area contributed by atoms with Crippen LogP contribution < -0.4 is 10.1 Å². The first-order chi connectivity index (χ1) is 11.1. The van der Waals surface area contributed by atoms with Crippen LogP contribution in [0.2, 0.25) is 0 Å². The van der Waals surface area contributed by atoms with Gasteiger partial charge in [-0.15, -0.1) is 0 Å². The summed E-state index contributed by atoms with van der Waals surface area (Å²) in [5.41, 5.74) is 3.27. The summed E-state index contributed by atoms with van der Waals surface area (Å²) in [5, 5.41) is 7.45. The van der Waals surface area contributed by atoms with Crippen LogP contribution in [0.4, 0.5) is 0 Å². The fourth-order valence-electron chi connectivity index (χ4n) is 2.42. The summed E-state index contributed by atoms with van der Waals surface area (Å²) in [6.45, 7) is 4.04. The minimum Gasteiger partial charge on any atom is -0.497 e. The Labute approximate surface area is 133 Å². The molecule has 1 aromatic carbocycles. The van der Waals surface area contributed by atoms with Gasteiger partial charge >= 0.3 is 0 Å². The number of hydrogen-bond donors (Lipinski definition) is 1. The Morgan fingerprint density at radius 1 is 1.26 bits per heavy atom. The lowest BCUT2D eigenvalue weighted by Gasteiger charge is -2.08. The van der Waals surface area contributed by atoms with Crippen molar-refractivity contribution in [2.45, 2.75) is 20.4 Å². The van der Waals surface area contributed by atoms with E-state index in [2.05, 4.69) is 15.5 Å². The molecule has 0 aliphatic rings. The molecule has 0 bridgehead atoms. The Bertz CT molecular complexity index is 853. The van der Waals surface area contributed by atoms with Crippen molar-refractivity contribution in [2.75, 3.05) is 7.11 Å². The zero-order chi connectivity index (χ0) is 16.4. The molecule has 0 atom stereocenters. The van der Waals surface area contributed by atoms with Gasteiger partial charge in [0.25, 0.3) is 11.6 Å². The van der Waals surface area contributed by atoms with E-state index in [0.717, 1.165) is 11.3 Å². The first-order valence-corrected chi connectivity index (χ1v) is 7.23. The second-order valence-electron chi connectivity index (χ2n) is 5.29. The Hall–Kier alpha value is -2.89. The van der Waals surface area contributed by atoms with Crippen molar-refractivity contribution in [1.29, 1.82) is 0 Å². The zero-order valence-electron chi connectivity index (χ0n) is 13.2. The second kappa shape index (κ2) is 6.08. The van der Waals surface area contributed by atoms with Gasteiger partial charge in [-0.25, -0.2) is 4.98 Å². The van der Waals surface area contributed by atoms with E-state index in [0.29, 0.717) is 34.6 Å². The molecule has 1 amide bonds. The molecule has 118 valence electrons. The highest BCUT2D eigenvalue weighted by Gasteiger charge is 2.17. The van der Waals surface area contributed by atoms with Gasteiger partial charge in [0.1, 0.15) is 5.75 Å². The number of aryl methyl sites for hydroxylation is 2. The molecule has 0 radical (unpaired) electrons. The van der Waals surface area contributed by atoms with Gasteiger partial charge in [0, 0.05) is 12.2 Å². The van der Waals surface area contributed by atoms with Crippen molar-refractivity contribution in [3.05, 3.63) is 52.8 Å². The molecule has 0 aliphatic heterocycles. The molecule has 0 fully saturated rings. The van der Waals surface area contributed by atoms with Crippen LogP contribution in [-0.2, 0) is 6.54 Å². The zero-order valence-corrected chi connectivity index (χ0v) is 13.2. The number of hydrogen-bond acceptors (Lipinski definition) is 5. The van der Waals surface area contributed by atoms with Gasteiger partial charge in [-0.1, -0.05) is 17.3 Å². The molecule has 1 N–H and O–H groups in total. The number of benzene rings is 1. The van der Waals surface area contributed by atoms with E-state index in [9.17, 15) is 4.79 Å². The van der Waals surface area contributed by atoms with Crippen molar-refractivity contribution >= 4 is 17.0 Å². The molecule has 0 saturated carbocycles. The van der Waals surface area contributed by atoms with E-state index < -0.39 is 0 Å². The summed E-state index contributed by atoms with van der Waals surface area (Å²) in [5.74, 6) is 0.606. The SMILES string of the molecule is COc1ccc(CNC(=O)c2cc(C)nc3onc(C)c23)cc1. The second-order valence-corrected chi connectivity index (χ2v) is 5.29. The quantitative estimate of drug-likeness (QED) is 0.801. The van der Waals surface area contributed by atoms with Crippen LogP contribution in [-0.4, -0.2) is 23.2 Å². The maximum Gasteiger partial charge on any atom is 0.258 e. The predicted octanol–water partition coefficient (Wildman–Crippen LogP) is 2.78. The van der Waals surface area contributed by atoms with Crippen LogP contribution in [0.25, 0.3) is 11.1 Å². The van der Waals surface area contributed by atoms with Gasteiger partial charge in [-0.05, 0) is 37.6 Å². The first kappa shape index (κ1) is 15.0. The highest BCUT2D eigenvalue weighted by Crippen LogP contribution is 2.22. The normalized spacial score (nSPS) is 10.7. The summed E-state index contributed by atoms with van der Waals surface area (Å²) in [7, 11) is 1.62. The third-order valence-electron chi connectivity index (χ3n) is 3.60. The molecule has 3 rings (SSSR count). The number of nitrogens with zero attached hydrogens (tertiary/aromatic N) is 2. The molecule has 23 heavy (non-hydrogen) atoms. The van der Waals surface area contributed by atoms with Crippen LogP contribution >= 0.6 is 0 Å². The van der Waals surface area contributed by atoms with Crippen LogP contribution in [0, 0.1) is 13.8 Å². The number of amides is 1. The van der Waals surface area contributed by atoms with E-state index in [1.165, 1.54) is 0 Å². The van der Waals surface area contributed by atoms with Crippen LogP contribution in [0.15, 0.2) is 34.9 Å². The van der Waals surface area contributed by atoms with Crippen LogP contribution in [0.5, 0.6) is 5.75 Å². The third-order valence-corrected chi connectivity index (χ3v) is 3.60.